The van der Waals surface area contributed by atoms with Gasteiger partial charge in [-0.3, -0.25) is 9.20 Å². The third kappa shape index (κ3) is 3.43. The molecule has 34 heavy (non-hydrogen) atoms. The van der Waals surface area contributed by atoms with E-state index < -0.39 is 6.10 Å². The van der Waals surface area contributed by atoms with E-state index in [1.54, 1.807) is 11.1 Å². The second-order valence-corrected chi connectivity index (χ2v) is 9.70. The van der Waals surface area contributed by atoms with E-state index in [4.69, 9.17) is 14.5 Å². The number of imidazole rings is 1. The van der Waals surface area contributed by atoms with Gasteiger partial charge in [0.15, 0.2) is 5.65 Å². The van der Waals surface area contributed by atoms with Gasteiger partial charge in [-0.05, 0) is 30.3 Å². The van der Waals surface area contributed by atoms with E-state index in [0.29, 0.717) is 19.6 Å². The number of aromatic amines is 1. The Morgan fingerprint density at radius 3 is 2.76 bits per heavy atom. The number of carbonyl (C=O) groups is 1. The first-order valence-electron chi connectivity index (χ1n) is 11.5. The Morgan fingerprint density at radius 1 is 1.26 bits per heavy atom. The molecule has 0 aliphatic carbocycles. The minimum Gasteiger partial charge on any atom is -0.493 e. The van der Waals surface area contributed by atoms with E-state index >= 15 is 0 Å². The molecule has 176 valence electrons. The largest absolute Gasteiger partial charge is 0.493 e. The summed E-state index contributed by atoms with van der Waals surface area (Å²) in [4.78, 5) is 26.8. The predicted molar refractivity (Wildman–Crippen MR) is 125 cm³/mol. The van der Waals surface area contributed by atoms with E-state index in [9.17, 15) is 9.90 Å². The van der Waals surface area contributed by atoms with Crippen molar-refractivity contribution in [1.82, 2.24) is 24.3 Å². The molecule has 0 radical (unpaired) electrons. The molecule has 3 aromatic heterocycles. The maximum atomic E-state index is 12.3. The quantitative estimate of drug-likeness (QED) is 0.474. The molecule has 2 fully saturated rings. The van der Waals surface area contributed by atoms with Crippen LogP contribution < -0.4 is 4.74 Å². The smallest absolute Gasteiger partial charge is 0.220 e. The van der Waals surface area contributed by atoms with Crippen LogP contribution in [0.3, 0.4) is 0 Å². The lowest BCUT2D eigenvalue weighted by atomic mass is 9.90. The molecule has 9 heteroatoms. The van der Waals surface area contributed by atoms with E-state index in [1.165, 1.54) is 6.92 Å². The summed E-state index contributed by atoms with van der Waals surface area (Å²) in [5.74, 6) is 1.45. The molecule has 0 bridgehead atoms. The van der Waals surface area contributed by atoms with Crippen LogP contribution in [0, 0.1) is 5.41 Å². The number of aliphatic hydroxyl groups excluding tert-OH is 1. The molecular weight excluding hydrogens is 434 g/mol. The van der Waals surface area contributed by atoms with Crippen LogP contribution in [0.1, 0.15) is 32.1 Å². The van der Waals surface area contributed by atoms with Crippen molar-refractivity contribution in [3.8, 4) is 17.0 Å². The molecule has 0 spiro atoms. The van der Waals surface area contributed by atoms with Gasteiger partial charge in [0.2, 0.25) is 5.91 Å². The fourth-order valence-electron chi connectivity index (χ4n) is 4.93. The minimum absolute atomic E-state index is 0.0775. The summed E-state index contributed by atoms with van der Waals surface area (Å²) in [6, 6.07) is 9.53. The molecule has 2 unspecified atom stereocenters. The van der Waals surface area contributed by atoms with Gasteiger partial charge in [0.05, 0.1) is 54.9 Å². The number of nitrogens with zero attached hydrogens (tertiary/aromatic N) is 4. The van der Waals surface area contributed by atoms with Crippen molar-refractivity contribution in [3.05, 3.63) is 48.5 Å². The molecule has 2 aliphatic heterocycles. The number of fused-ring (bicyclic) bond motifs is 3. The van der Waals surface area contributed by atoms with E-state index in [2.05, 4.69) is 21.3 Å². The number of amides is 1. The van der Waals surface area contributed by atoms with Crippen LogP contribution in [0.15, 0.2) is 42.7 Å². The summed E-state index contributed by atoms with van der Waals surface area (Å²) in [6.07, 6.45) is 3.51. The first kappa shape index (κ1) is 21.1. The van der Waals surface area contributed by atoms with Crippen molar-refractivity contribution >= 4 is 22.6 Å². The van der Waals surface area contributed by atoms with Crippen LogP contribution in [0.25, 0.3) is 27.9 Å². The molecule has 2 atom stereocenters. The van der Waals surface area contributed by atoms with Gasteiger partial charge in [-0.2, -0.15) is 0 Å². The average molecular weight is 462 g/mol. The number of rotatable bonds is 5. The SMILES string of the molecule is CC(=O)N1CC(O)CC1c1nc(-c2ccc(OCC3(C)COC3)cc2)c2cnc3[nH]ccc3n12. The Kier molecular flexibility index (Phi) is 4.86. The second kappa shape index (κ2) is 7.82. The van der Waals surface area contributed by atoms with Crippen LogP contribution in [0.2, 0.25) is 0 Å². The van der Waals surface area contributed by atoms with Crippen molar-refractivity contribution in [1.29, 1.82) is 0 Å². The van der Waals surface area contributed by atoms with Gasteiger partial charge >= 0.3 is 0 Å². The maximum absolute atomic E-state index is 12.3. The summed E-state index contributed by atoms with van der Waals surface area (Å²) in [6.45, 7) is 6.06. The fraction of sp³-hybridized carbons (Fsp3) is 0.400. The molecular formula is C25H27N5O4. The van der Waals surface area contributed by atoms with Gasteiger partial charge in [-0.15, -0.1) is 0 Å². The first-order chi connectivity index (χ1) is 16.4. The number of hydrogen-bond acceptors (Lipinski definition) is 6. The number of hydrogen-bond donors (Lipinski definition) is 2. The van der Waals surface area contributed by atoms with Crippen molar-refractivity contribution in [3.63, 3.8) is 0 Å². The molecule has 2 saturated heterocycles. The number of nitrogens with one attached hydrogen (secondary N) is 1. The third-order valence-corrected chi connectivity index (χ3v) is 6.80. The lowest BCUT2D eigenvalue weighted by Crippen LogP contribution is -2.44. The highest BCUT2D eigenvalue weighted by molar-refractivity contribution is 5.84. The van der Waals surface area contributed by atoms with Crippen LogP contribution in [0.4, 0.5) is 0 Å². The normalized spacial score (nSPS) is 21.8. The molecule has 1 amide bonds. The van der Waals surface area contributed by atoms with Gasteiger partial charge in [-0.1, -0.05) is 6.92 Å². The predicted octanol–water partition coefficient (Wildman–Crippen LogP) is 2.95. The van der Waals surface area contributed by atoms with Gasteiger partial charge in [-0.25, -0.2) is 9.97 Å². The van der Waals surface area contributed by atoms with Gasteiger partial charge in [0, 0.05) is 37.1 Å². The summed E-state index contributed by atoms with van der Waals surface area (Å²) in [5.41, 5.74) is 4.25. The zero-order chi connectivity index (χ0) is 23.4. The molecule has 0 saturated carbocycles. The lowest BCUT2D eigenvalue weighted by Gasteiger charge is -2.37. The van der Waals surface area contributed by atoms with Gasteiger partial charge in [0.1, 0.15) is 11.6 Å². The standard InChI is InChI=1S/C25H27N5O4/c1-15(31)29-11-17(32)9-20(29)24-28-22(21-10-27-23-19(30(21)24)7-8-26-23)16-3-5-18(6-4-16)34-14-25(2)12-33-13-25/h3-8,10,17,20,26,32H,9,11-14H2,1-2H3. The number of aromatic nitrogens is 4. The number of benzene rings is 1. The summed E-state index contributed by atoms with van der Waals surface area (Å²) < 4.78 is 13.3. The highest BCUT2D eigenvalue weighted by Gasteiger charge is 2.37. The molecule has 1 aromatic carbocycles. The van der Waals surface area contributed by atoms with Crippen molar-refractivity contribution in [2.24, 2.45) is 5.41 Å². The zero-order valence-electron chi connectivity index (χ0n) is 19.2. The fourth-order valence-corrected chi connectivity index (χ4v) is 4.93. The maximum Gasteiger partial charge on any atom is 0.220 e. The number of β-amino-alcohol motifs (C(OH)–C–C–N with tert-alkyl or cyclic N) is 1. The molecule has 4 aromatic rings. The first-order valence-corrected chi connectivity index (χ1v) is 11.5. The van der Waals surface area contributed by atoms with Crippen molar-refractivity contribution in [2.75, 3.05) is 26.4 Å². The zero-order valence-corrected chi connectivity index (χ0v) is 19.2. The van der Waals surface area contributed by atoms with Crippen molar-refractivity contribution in [2.45, 2.75) is 32.4 Å². The lowest BCUT2D eigenvalue weighted by molar-refractivity contribution is -0.130. The van der Waals surface area contributed by atoms with E-state index in [0.717, 1.165) is 52.7 Å². The number of ether oxygens (including phenoxy) is 2. The van der Waals surface area contributed by atoms with Crippen molar-refractivity contribution < 1.29 is 19.4 Å². The Balaban J connectivity index is 1.41. The Hall–Kier alpha value is -3.43. The Bertz CT molecular complexity index is 1370. The second-order valence-electron chi connectivity index (χ2n) is 9.70. The highest BCUT2D eigenvalue weighted by atomic mass is 16.5. The Morgan fingerprint density at radius 2 is 2.06 bits per heavy atom. The van der Waals surface area contributed by atoms with Gasteiger partial charge < -0.3 is 24.5 Å². The van der Waals surface area contributed by atoms with Crippen LogP contribution in [-0.4, -0.2) is 67.7 Å². The number of likely N-dealkylation sites (tertiary alicyclic amines) is 1. The monoisotopic (exact) mass is 461 g/mol. The molecule has 2 aliphatic rings. The molecule has 2 N–H and O–H groups in total. The number of carbonyl (C=O) groups excluding carboxylic acids is 1. The van der Waals surface area contributed by atoms with E-state index in [1.807, 2.05) is 36.5 Å². The van der Waals surface area contributed by atoms with Gasteiger partial charge in [0.25, 0.3) is 0 Å². The topological polar surface area (TPSA) is 105 Å². The summed E-state index contributed by atoms with van der Waals surface area (Å²) in [7, 11) is 0. The highest BCUT2D eigenvalue weighted by Crippen LogP contribution is 2.37. The minimum atomic E-state index is -0.576. The van der Waals surface area contributed by atoms with Crippen LogP contribution >= 0.6 is 0 Å². The summed E-state index contributed by atoms with van der Waals surface area (Å²) in [5, 5.41) is 10.3. The third-order valence-electron chi connectivity index (χ3n) is 6.80. The van der Waals surface area contributed by atoms with Crippen LogP contribution in [0.5, 0.6) is 5.75 Å². The molecule has 6 rings (SSSR count). The van der Waals surface area contributed by atoms with E-state index in [-0.39, 0.29) is 17.4 Å². The molecule has 5 heterocycles. The summed E-state index contributed by atoms with van der Waals surface area (Å²) >= 11 is 0. The Labute approximate surface area is 196 Å². The molecule has 9 nitrogen and oxygen atoms in total. The number of aliphatic hydroxyl groups is 1. The van der Waals surface area contributed by atoms with Crippen LogP contribution in [-0.2, 0) is 9.53 Å². The number of H-pyrrole nitrogens is 1. The average Bonchev–Trinajstić information content (AvgIpc) is 3.52.